The fraction of sp³-hybridized carbons (Fsp3) is 0.750. The molecule has 0 aliphatic rings. The molecule has 0 fully saturated rings. The van der Waals surface area contributed by atoms with Crippen molar-refractivity contribution in [3.05, 3.63) is 0 Å². The molecule has 0 aromatic carbocycles. The number of hydrogen-bond acceptors (Lipinski definition) is 4. The molecule has 1 N–H and O–H groups in total. The van der Waals surface area contributed by atoms with Crippen molar-refractivity contribution in [1.82, 2.24) is 0 Å². The highest BCUT2D eigenvalue weighted by molar-refractivity contribution is 7.70. The van der Waals surface area contributed by atoms with Crippen molar-refractivity contribution in [2.45, 2.75) is 6.92 Å². The van der Waals surface area contributed by atoms with Gasteiger partial charge in [-0.1, -0.05) is 0 Å². The zero-order chi connectivity index (χ0) is 8.20. The van der Waals surface area contributed by atoms with E-state index < -0.39 is 13.3 Å². The first-order valence-electron chi connectivity index (χ1n) is 2.60. The Morgan fingerprint density at radius 2 is 2.20 bits per heavy atom. The van der Waals surface area contributed by atoms with Gasteiger partial charge in [0, 0.05) is 0 Å². The van der Waals surface area contributed by atoms with Crippen molar-refractivity contribution in [2.24, 2.45) is 0 Å². The van der Waals surface area contributed by atoms with E-state index in [2.05, 4.69) is 9.26 Å². The summed E-state index contributed by atoms with van der Waals surface area (Å²) in [6, 6.07) is 0. The van der Waals surface area contributed by atoms with E-state index in [1.54, 1.807) is 0 Å². The molecule has 0 radical (unpaired) electrons. The van der Waals surface area contributed by atoms with Crippen LogP contribution in [0.25, 0.3) is 0 Å². The summed E-state index contributed by atoms with van der Waals surface area (Å²) in [6.07, 6.45) is 0. The minimum atomic E-state index is -4.14. The number of carbonyl (C=O) groups is 1. The van der Waals surface area contributed by atoms with Crippen LogP contribution >= 0.6 is 7.60 Å². The third-order valence-corrected chi connectivity index (χ3v) is 1.96. The summed E-state index contributed by atoms with van der Waals surface area (Å²) in [6.45, 7) is 1.51. The van der Waals surface area contributed by atoms with E-state index >= 15 is 0 Å². The maximum Gasteiger partial charge on any atom is 0.435 e. The van der Waals surface area contributed by atoms with Gasteiger partial charge in [0.05, 0.1) is 13.7 Å². The van der Waals surface area contributed by atoms with Crippen molar-refractivity contribution in [3.63, 3.8) is 0 Å². The van der Waals surface area contributed by atoms with Gasteiger partial charge >= 0.3 is 13.3 Å². The van der Waals surface area contributed by atoms with E-state index in [0.29, 0.717) is 0 Å². The third kappa shape index (κ3) is 2.47. The molecule has 0 rings (SSSR count). The highest BCUT2D eigenvalue weighted by atomic mass is 31.2. The molecular weight excluding hydrogens is 159 g/mol. The fourth-order valence-corrected chi connectivity index (χ4v) is 1.03. The Balaban J connectivity index is 4.11. The monoisotopic (exact) mass is 168 g/mol. The van der Waals surface area contributed by atoms with E-state index in [9.17, 15) is 9.36 Å². The molecule has 0 saturated carbocycles. The van der Waals surface area contributed by atoms with Gasteiger partial charge in [0.15, 0.2) is 0 Å². The zero-order valence-corrected chi connectivity index (χ0v) is 6.63. The SMILES string of the molecule is CCOP(=O)(O)C(=O)OC. The standard InChI is InChI=1S/C4H9O5P/c1-3-9-10(6,7)4(5)8-2/h3H2,1-2H3,(H,6,7). The number of ether oxygens (including phenoxy) is 1. The molecule has 0 aliphatic carbocycles. The number of hydrogen-bond donors (Lipinski definition) is 1. The largest absolute Gasteiger partial charge is 0.460 e. The third-order valence-electron chi connectivity index (χ3n) is 0.709. The van der Waals surface area contributed by atoms with Gasteiger partial charge in [0.25, 0.3) is 0 Å². The summed E-state index contributed by atoms with van der Waals surface area (Å²) in [4.78, 5) is 19.0. The van der Waals surface area contributed by atoms with Gasteiger partial charge in [-0.2, -0.15) is 0 Å². The molecule has 0 saturated heterocycles. The van der Waals surface area contributed by atoms with Gasteiger partial charge in [-0.15, -0.1) is 0 Å². The average Bonchev–Trinajstić information content (AvgIpc) is 1.86. The first-order valence-corrected chi connectivity index (χ1v) is 4.18. The van der Waals surface area contributed by atoms with Crippen LogP contribution in [0.15, 0.2) is 0 Å². The molecule has 0 amide bonds. The van der Waals surface area contributed by atoms with Crippen molar-refractivity contribution in [2.75, 3.05) is 13.7 Å². The van der Waals surface area contributed by atoms with Crippen LogP contribution in [0.4, 0.5) is 4.79 Å². The predicted octanol–water partition coefficient (Wildman–Crippen LogP) is 0.975. The van der Waals surface area contributed by atoms with Crippen LogP contribution in [-0.4, -0.2) is 24.3 Å². The lowest BCUT2D eigenvalue weighted by atomic mass is 10.9. The summed E-state index contributed by atoms with van der Waals surface area (Å²) < 4.78 is 18.8. The van der Waals surface area contributed by atoms with E-state index in [-0.39, 0.29) is 6.61 Å². The first-order chi connectivity index (χ1) is 4.54. The van der Waals surface area contributed by atoms with Crippen molar-refractivity contribution in [1.29, 1.82) is 0 Å². The van der Waals surface area contributed by atoms with Crippen LogP contribution in [0.3, 0.4) is 0 Å². The van der Waals surface area contributed by atoms with Gasteiger partial charge in [0.2, 0.25) is 0 Å². The predicted molar refractivity (Wildman–Crippen MR) is 33.9 cm³/mol. The highest BCUT2D eigenvalue weighted by Crippen LogP contribution is 2.43. The summed E-state index contributed by atoms with van der Waals surface area (Å²) in [7, 11) is -3.13. The molecule has 10 heavy (non-hydrogen) atoms. The molecule has 1 atom stereocenters. The summed E-state index contributed by atoms with van der Waals surface area (Å²) in [5.41, 5.74) is -1.23. The lowest BCUT2D eigenvalue weighted by Gasteiger charge is -2.06. The Labute approximate surface area is 58.5 Å². The maximum absolute atomic E-state index is 10.6. The second-order valence-electron chi connectivity index (χ2n) is 1.41. The number of carbonyl (C=O) groups excluding carboxylic acids is 1. The number of rotatable bonds is 3. The molecule has 1 unspecified atom stereocenters. The summed E-state index contributed by atoms with van der Waals surface area (Å²) in [5.74, 6) is 0. The molecular formula is C4H9O5P. The maximum atomic E-state index is 10.6. The van der Waals surface area contributed by atoms with Gasteiger partial charge in [0.1, 0.15) is 0 Å². The minimum Gasteiger partial charge on any atom is -0.460 e. The van der Waals surface area contributed by atoms with Crippen LogP contribution < -0.4 is 0 Å². The topological polar surface area (TPSA) is 72.8 Å². The molecule has 0 heterocycles. The van der Waals surface area contributed by atoms with E-state index in [1.807, 2.05) is 0 Å². The molecule has 0 aromatic heterocycles. The van der Waals surface area contributed by atoms with Crippen LogP contribution in [0.1, 0.15) is 6.92 Å². The van der Waals surface area contributed by atoms with Gasteiger partial charge in [-0.25, -0.2) is 9.36 Å². The second-order valence-corrected chi connectivity index (χ2v) is 3.07. The first kappa shape index (κ1) is 9.62. The molecule has 0 aromatic rings. The number of methoxy groups -OCH3 is 1. The normalized spacial score (nSPS) is 15.9. The van der Waals surface area contributed by atoms with Gasteiger partial charge in [-0.3, -0.25) is 0 Å². The van der Waals surface area contributed by atoms with Crippen LogP contribution in [0.5, 0.6) is 0 Å². The molecule has 5 nitrogen and oxygen atoms in total. The smallest absolute Gasteiger partial charge is 0.435 e. The lowest BCUT2D eigenvalue weighted by Crippen LogP contribution is -2.02. The van der Waals surface area contributed by atoms with E-state index in [0.717, 1.165) is 7.11 Å². The van der Waals surface area contributed by atoms with Gasteiger partial charge < -0.3 is 14.2 Å². The van der Waals surface area contributed by atoms with Crippen molar-refractivity contribution < 1.29 is 23.5 Å². The molecule has 60 valence electrons. The average molecular weight is 168 g/mol. The van der Waals surface area contributed by atoms with Crippen LogP contribution in [0, 0.1) is 0 Å². The van der Waals surface area contributed by atoms with E-state index in [1.165, 1.54) is 6.92 Å². The lowest BCUT2D eigenvalue weighted by molar-refractivity contribution is 0.179. The van der Waals surface area contributed by atoms with Crippen molar-refractivity contribution in [3.8, 4) is 0 Å². The Kier molecular flexibility index (Phi) is 3.57. The van der Waals surface area contributed by atoms with Crippen LogP contribution in [0.2, 0.25) is 0 Å². The summed E-state index contributed by atoms with van der Waals surface area (Å²) in [5, 5.41) is 0. The fourth-order valence-electron chi connectivity index (χ4n) is 0.343. The van der Waals surface area contributed by atoms with E-state index in [4.69, 9.17) is 4.89 Å². The van der Waals surface area contributed by atoms with Crippen molar-refractivity contribution >= 4 is 13.3 Å². The molecule has 6 heteroatoms. The highest BCUT2D eigenvalue weighted by Gasteiger charge is 2.30. The molecule has 0 aliphatic heterocycles. The Morgan fingerprint density at radius 3 is 2.50 bits per heavy atom. The Hall–Kier alpha value is -0.380. The van der Waals surface area contributed by atoms with Gasteiger partial charge in [-0.05, 0) is 6.92 Å². The van der Waals surface area contributed by atoms with Crippen LogP contribution in [-0.2, 0) is 13.8 Å². The quantitative estimate of drug-likeness (QED) is 0.635. The minimum absolute atomic E-state index is 0.00285. The summed E-state index contributed by atoms with van der Waals surface area (Å²) >= 11 is 0. The molecule has 0 bridgehead atoms. The Morgan fingerprint density at radius 1 is 1.70 bits per heavy atom. The second kappa shape index (κ2) is 3.71. The zero-order valence-electron chi connectivity index (χ0n) is 5.73. The molecule has 0 spiro atoms. The Bertz CT molecular complexity index is 165.